The first-order valence-electron chi connectivity index (χ1n) is 11.2. The molecule has 4 rings (SSSR count). The van der Waals surface area contributed by atoms with Crippen molar-refractivity contribution in [2.24, 2.45) is 5.16 Å². The van der Waals surface area contributed by atoms with Gasteiger partial charge in [0.1, 0.15) is 30.3 Å². The molecule has 35 heavy (non-hydrogen) atoms. The number of piperidine rings is 1. The first-order valence-corrected chi connectivity index (χ1v) is 11.2. The number of carbonyl (C=O) groups is 2. The lowest BCUT2D eigenvalue weighted by atomic mass is 10.0. The van der Waals surface area contributed by atoms with Crippen molar-refractivity contribution in [3.63, 3.8) is 0 Å². The van der Waals surface area contributed by atoms with Gasteiger partial charge in [0.25, 0.3) is 0 Å². The molecule has 2 aromatic rings. The first kappa shape index (κ1) is 24.4. The van der Waals surface area contributed by atoms with Crippen molar-refractivity contribution in [2.75, 3.05) is 43.1 Å². The maximum absolute atomic E-state index is 15.0. The van der Waals surface area contributed by atoms with Crippen LogP contribution in [0.4, 0.5) is 25.0 Å². The Morgan fingerprint density at radius 3 is 2.57 bits per heavy atom. The van der Waals surface area contributed by atoms with E-state index in [0.717, 1.165) is 17.0 Å². The molecule has 11 nitrogen and oxygen atoms in total. The number of aromatic nitrogens is 3. The maximum atomic E-state index is 15.0. The SMILES string of the molecule is CO/N=C(\C)c1cn(C2CCN(c3c(F)cc(N4C[C@H](CNC(C)=O)OC4=O)cc3F)CC2)nn1. The molecule has 2 fully saturated rings. The molecule has 0 bridgehead atoms. The molecule has 13 heteroatoms. The molecule has 0 radical (unpaired) electrons. The number of hydrogen-bond acceptors (Lipinski definition) is 8. The van der Waals surface area contributed by atoms with Gasteiger partial charge in [0.15, 0.2) is 11.6 Å². The van der Waals surface area contributed by atoms with Crippen molar-refractivity contribution in [3.8, 4) is 0 Å². The number of nitrogens with zero attached hydrogens (tertiary/aromatic N) is 6. The summed E-state index contributed by atoms with van der Waals surface area (Å²) >= 11 is 0. The normalized spacial score (nSPS) is 19.2. The van der Waals surface area contributed by atoms with Crippen molar-refractivity contribution >= 4 is 29.1 Å². The highest BCUT2D eigenvalue weighted by Gasteiger charge is 2.34. The smallest absolute Gasteiger partial charge is 0.414 e. The van der Waals surface area contributed by atoms with Gasteiger partial charge in [-0.2, -0.15) is 0 Å². The largest absolute Gasteiger partial charge is 0.442 e. The number of hydrogen-bond donors (Lipinski definition) is 1. The molecule has 0 aliphatic carbocycles. The van der Waals surface area contributed by atoms with Gasteiger partial charge in [-0.05, 0) is 19.8 Å². The van der Waals surface area contributed by atoms with E-state index in [1.165, 1.54) is 14.0 Å². The number of oxime groups is 1. The zero-order valence-electron chi connectivity index (χ0n) is 19.7. The second-order valence-electron chi connectivity index (χ2n) is 8.47. The molecular weight excluding hydrogens is 464 g/mol. The lowest BCUT2D eigenvalue weighted by Gasteiger charge is -2.34. The van der Waals surface area contributed by atoms with Crippen molar-refractivity contribution in [3.05, 3.63) is 35.7 Å². The number of cyclic esters (lactones) is 1. The second kappa shape index (κ2) is 10.2. The van der Waals surface area contributed by atoms with Crippen LogP contribution in [0.25, 0.3) is 0 Å². The third-order valence-electron chi connectivity index (χ3n) is 6.03. The predicted molar refractivity (Wildman–Crippen MR) is 122 cm³/mol. The summed E-state index contributed by atoms with van der Waals surface area (Å²) < 4.78 is 37.0. The van der Waals surface area contributed by atoms with Gasteiger partial charge < -0.3 is 19.8 Å². The van der Waals surface area contributed by atoms with Gasteiger partial charge in [0, 0.05) is 32.1 Å². The average molecular weight is 491 g/mol. The fourth-order valence-electron chi connectivity index (χ4n) is 4.26. The fourth-order valence-corrected chi connectivity index (χ4v) is 4.26. The summed E-state index contributed by atoms with van der Waals surface area (Å²) in [5.74, 6) is -1.78. The van der Waals surface area contributed by atoms with Crippen molar-refractivity contribution in [1.29, 1.82) is 0 Å². The molecule has 0 spiro atoms. The van der Waals surface area contributed by atoms with Gasteiger partial charge in [0.05, 0.1) is 31.0 Å². The van der Waals surface area contributed by atoms with E-state index >= 15 is 8.78 Å². The van der Waals surface area contributed by atoms with E-state index in [0.29, 0.717) is 37.3 Å². The van der Waals surface area contributed by atoms with Crippen LogP contribution in [0.1, 0.15) is 38.4 Å². The molecule has 2 amide bonds. The summed E-state index contributed by atoms with van der Waals surface area (Å²) in [7, 11) is 1.45. The summed E-state index contributed by atoms with van der Waals surface area (Å²) in [5.41, 5.74) is 1.14. The lowest BCUT2D eigenvalue weighted by molar-refractivity contribution is -0.119. The van der Waals surface area contributed by atoms with Gasteiger partial charge in [-0.3, -0.25) is 9.69 Å². The Bertz CT molecular complexity index is 1110. The zero-order chi connectivity index (χ0) is 25.1. The van der Waals surface area contributed by atoms with E-state index in [-0.39, 0.29) is 36.4 Å². The molecule has 2 aliphatic rings. The highest BCUT2D eigenvalue weighted by atomic mass is 19.1. The molecule has 1 aromatic carbocycles. The van der Waals surface area contributed by atoms with Gasteiger partial charge in [-0.25, -0.2) is 18.3 Å². The van der Waals surface area contributed by atoms with E-state index < -0.39 is 23.8 Å². The number of ether oxygens (including phenoxy) is 1. The van der Waals surface area contributed by atoms with Crippen LogP contribution in [0.3, 0.4) is 0 Å². The van der Waals surface area contributed by atoms with Crippen LogP contribution in [0.5, 0.6) is 0 Å². The van der Waals surface area contributed by atoms with Crippen LogP contribution < -0.4 is 15.1 Å². The number of benzene rings is 1. The van der Waals surface area contributed by atoms with Crippen molar-refractivity contribution < 1.29 is 27.9 Å². The average Bonchev–Trinajstić information content (AvgIpc) is 3.45. The van der Waals surface area contributed by atoms with Gasteiger partial charge >= 0.3 is 6.09 Å². The van der Waals surface area contributed by atoms with E-state index in [2.05, 4.69) is 20.8 Å². The molecular formula is C22H27F2N7O4. The minimum absolute atomic E-state index is 0.0353. The van der Waals surface area contributed by atoms with Crippen LogP contribution in [0.15, 0.2) is 23.5 Å². The van der Waals surface area contributed by atoms with Crippen molar-refractivity contribution in [1.82, 2.24) is 20.3 Å². The van der Waals surface area contributed by atoms with E-state index in [1.54, 1.807) is 22.7 Å². The zero-order valence-corrected chi connectivity index (χ0v) is 19.7. The molecule has 3 heterocycles. The molecule has 0 unspecified atom stereocenters. The highest BCUT2D eigenvalue weighted by molar-refractivity contribution is 5.96. The number of carbonyl (C=O) groups excluding carboxylic acids is 2. The van der Waals surface area contributed by atoms with Crippen LogP contribution in [0, 0.1) is 11.6 Å². The Morgan fingerprint density at radius 1 is 1.26 bits per heavy atom. The Balaban J connectivity index is 1.41. The number of amides is 2. The third-order valence-corrected chi connectivity index (χ3v) is 6.03. The van der Waals surface area contributed by atoms with Gasteiger partial charge in [-0.1, -0.05) is 10.4 Å². The van der Waals surface area contributed by atoms with Gasteiger partial charge in [0.2, 0.25) is 5.91 Å². The fraction of sp³-hybridized carbons (Fsp3) is 0.500. The summed E-state index contributed by atoms with van der Waals surface area (Å²) in [6.45, 7) is 4.16. The minimum atomic E-state index is -0.758. The first-order chi connectivity index (χ1) is 16.8. The molecule has 0 saturated carbocycles. The van der Waals surface area contributed by atoms with Gasteiger partial charge in [-0.15, -0.1) is 5.10 Å². The Kier molecular flexibility index (Phi) is 7.12. The van der Waals surface area contributed by atoms with Crippen LogP contribution in [-0.2, 0) is 14.4 Å². The van der Waals surface area contributed by atoms with E-state index in [9.17, 15) is 9.59 Å². The molecule has 1 atom stereocenters. The topological polar surface area (TPSA) is 114 Å². The number of nitrogens with one attached hydrogen (secondary N) is 1. The Labute approximate surface area is 200 Å². The maximum Gasteiger partial charge on any atom is 0.414 e. The highest BCUT2D eigenvalue weighted by Crippen LogP contribution is 2.34. The van der Waals surface area contributed by atoms with Crippen LogP contribution in [0.2, 0.25) is 0 Å². The van der Waals surface area contributed by atoms with E-state index in [4.69, 9.17) is 9.57 Å². The Morgan fingerprint density at radius 2 is 1.94 bits per heavy atom. The molecule has 2 aliphatic heterocycles. The number of anilines is 2. The minimum Gasteiger partial charge on any atom is -0.442 e. The Hall–Kier alpha value is -3.77. The molecule has 2 saturated heterocycles. The predicted octanol–water partition coefficient (Wildman–Crippen LogP) is 2.23. The quantitative estimate of drug-likeness (QED) is 0.467. The van der Waals surface area contributed by atoms with Crippen molar-refractivity contribution in [2.45, 2.75) is 38.8 Å². The summed E-state index contributed by atoms with van der Waals surface area (Å²) in [6, 6.07) is 2.30. The number of rotatable bonds is 7. The second-order valence-corrected chi connectivity index (χ2v) is 8.47. The summed E-state index contributed by atoms with van der Waals surface area (Å²) in [6.07, 6.45) is 1.70. The lowest BCUT2D eigenvalue weighted by Crippen LogP contribution is -2.36. The molecule has 1 N–H and O–H groups in total. The molecule has 1 aromatic heterocycles. The summed E-state index contributed by atoms with van der Waals surface area (Å²) in [4.78, 5) is 30.8. The van der Waals surface area contributed by atoms with Crippen LogP contribution in [-0.4, -0.2) is 72.1 Å². The third kappa shape index (κ3) is 5.33. The van der Waals surface area contributed by atoms with E-state index in [1.807, 2.05) is 0 Å². The van der Waals surface area contributed by atoms with Crippen LogP contribution >= 0.6 is 0 Å². The molecule has 188 valence electrons. The number of halogens is 2. The summed E-state index contributed by atoms with van der Waals surface area (Å²) in [5, 5.41) is 14.7. The standard InChI is InChI=1S/C22H27F2N7O4/c1-13(27-34-3)20-12-31(28-26-20)15-4-6-29(7-5-15)21-18(23)8-16(9-19(21)24)30-11-17(35-22(30)33)10-25-14(2)32/h8-9,12,15,17H,4-7,10-11H2,1-3H3,(H,25,32)/b27-13+/t17-/m0/s1. The monoisotopic (exact) mass is 491 g/mol.